The standard InChI is InChI=1S/C10H11BrN2O2S/c11-8-5-4-7(16-8)10(15)13-12-9(14)6-2-1-3-6/h4-6H,1-3H2,(H,12,14)(H,13,15). The molecule has 1 aliphatic rings. The van der Waals surface area contributed by atoms with Crippen molar-refractivity contribution in [1.82, 2.24) is 10.9 Å². The van der Waals surface area contributed by atoms with Gasteiger partial charge in [-0.3, -0.25) is 20.4 Å². The first kappa shape index (κ1) is 11.6. The second-order valence-electron chi connectivity index (χ2n) is 3.67. The van der Waals surface area contributed by atoms with Crippen molar-refractivity contribution in [1.29, 1.82) is 0 Å². The fourth-order valence-electron chi connectivity index (χ4n) is 1.39. The fraction of sp³-hybridized carbons (Fsp3) is 0.400. The normalized spacial score (nSPS) is 15.3. The molecule has 1 aliphatic carbocycles. The van der Waals surface area contributed by atoms with Gasteiger partial charge in [0.05, 0.1) is 8.66 Å². The number of nitrogens with one attached hydrogen (secondary N) is 2. The molecule has 86 valence electrons. The molecule has 0 saturated heterocycles. The highest BCUT2D eigenvalue weighted by atomic mass is 79.9. The highest BCUT2D eigenvalue weighted by molar-refractivity contribution is 9.11. The summed E-state index contributed by atoms with van der Waals surface area (Å²) in [5.41, 5.74) is 4.86. The van der Waals surface area contributed by atoms with Crippen molar-refractivity contribution in [3.05, 3.63) is 20.8 Å². The molecule has 1 aromatic rings. The van der Waals surface area contributed by atoms with Crippen molar-refractivity contribution < 1.29 is 9.59 Å². The molecular formula is C10H11BrN2O2S. The molecule has 0 unspecified atom stereocenters. The topological polar surface area (TPSA) is 58.2 Å². The average Bonchev–Trinajstić information content (AvgIpc) is 2.58. The van der Waals surface area contributed by atoms with E-state index in [0.29, 0.717) is 4.88 Å². The van der Waals surface area contributed by atoms with Crippen LogP contribution in [-0.4, -0.2) is 11.8 Å². The molecule has 1 heterocycles. The van der Waals surface area contributed by atoms with E-state index in [-0.39, 0.29) is 17.7 Å². The molecule has 16 heavy (non-hydrogen) atoms. The molecule has 0 radical (unpaired) electrons. The summed E-state index contributed by atoms with van der Waals surface area (Å²) in [7, 11) is 0. The minimum absolute atomic E-state index is 0.0790. The van der Waals surface area contributed by atoms with Crippen molar-refractivity contribution >= 4 is 39.1 Å². The van der Waals surface area contributed by atoms with E-state index in [4.69, 9.17) is 0 Å². The molecule has 2 amide bonds. The van der Waals surface area contributed by atoms with Gasteiger partial charge in [-0.1, -0.05) is 6.42 Å². The number of carbonyl (C=O) groups is 2. The summed E-state index contributed by atoms with van der Waals surface area (Å²) in [5, 5.41) is 0. The van der Waals surface area contributed by atoms with Crippen LogP contribution in [0.2, 0.25) is 0 Å². The maximum Gasteiger partial charge on any atom is 0.279 e. The van der Waals surface area contributed by atoms with Crippen LogP contribution in [0.15, 0.2) is 15.9 Å². The molecule has 1 aromatic heterocycles. The Balaban J connectivity index is 1.81. The lowest BCUT2D eigenvalue weighted by Crippen LogP contribution is -2.45. The first-order valence-electron chi connectivity index (χ1n) is 5.02. The van der Waals surface area contributed by atoms with Gasteiger partial charge in [0.1, 0.15) is 0 Å². The van der Waals surface area contributed by atoms with Crippen LogP contribution in [0.1, 0.15) is 28.9 Å². The van der Waals surface area contributed by atoms with Gasteiger partial charge in [0.25, 0.3) is 5.91 Å². The van der Waals surface area contributed by atoms with Crippen molar-refractivity contribution in [2.75, 3.05) is 0 Å². The van der Waals surface area contributed by atoms with Gasteiger partial charge in [0.15, 0.2) is 0 Å². The number of hydrazine groups is 1. The molecule has 0 atom stereocenters. The van der Waals surface area contributed by atoms with E-state index in [1.54, 1.807) is 12.1 Å². The lowest BCUT2D eigenvalue weighted by atomic mass is 9.85. The van der Waals surface area contributed by atoms with E-state index in [1.807, 2.05) is 0 Å². The predicted molar refractivity (Wildman–Crippen MR) is 65.0 cm³/mol. The zero-order valence-corrected chi connectivity index (χ0v) is 10.9. The molecular weight excluding hydrogens is 292 g/mol. The van der Waals surface area contributed by atoms with Gasteiger partial charge in [-0.25, -0.2) is 0 Å². The van der Waals surface area contributed by atoms with Crippen LogP contribution in [0.5, 0.6) is 0 Å². The highest BCUT2D eigenvalue weighted by Crippen LogP contribution is 2.26. The van der Waals surface area contributed by atoms with E-state index in [1.165, 1.54) is 11.3 Å². The summed E-state index contributed by atoms with van der Waals surface area (Å²) >= 11 is 4.60. The lowest BCUT2D eigenvalue weighted by molar-refractivity contribution is -0.128. The molecule has 6 heteroatoms. The highest BCUT2D eigenvalue weighted by Gasteiger charge is 2.25. The van der Waals surface area contributed by atoms with Crippen molar-refractivity contribution in [2.45, 2.75) is 19.3 Å². The Hall–Kier alpha value is -0.880. The van der Waals surface area contributed by atoms with Gasteiger partial charge in [0.2, 0.25) is 5.91 Å². The van der Waals surface area contributed by atoms with E-state index < -0.39 is 0 Å². The maximum absolute atomic E-state index is 11.6. The van der Waals surface area contributed by atoms with Crippen molar-refractivity contribution in [3.8, 4) is 0 Å². The van der Waals surface area contributed by atoms with Crippen LogP contribution in [0.4, 0.5) is 0 Å². The van der Waals surface area contributed by atoms with Crippen LogP contribution in [0.3, 0.4) is 0 Å². The van der Waals surface area contributed by atoms with Gasteiger partial charge in [-0.2, -0.15) is 0 Å². The van der Waals surface area contributed by atoms with Crippen LogP contribution < -0.4 is 10.9 Å². The smallest absolute Gasteiger partial charge is 0.273 e. The second-order valence-corrected chi connectivity index (χ2v) is 6.14. The number of hydrogen-bond acceptors (Lipinski definition) is 3. The van der Waals surface area contributed by atoms with Crippen LogP contribution >= 0.6 is 27.3 Å². The summed E-state index contributed by atoms with van der Waals surface area (Å²) in [6.07, 6.45) is 2.95. The fourth-order valence-corrected chi connectivity index (χ4v) is 2.67. The lowest BCUT2D eigenvalue weighted by Gasteiger charge is -2.23. The summed E-state index contributed by atoms with van der Waals surface area (Å²) in [4.78, 5) is 23.6. The number of amides is 2. The quantitative estimate of drug-likeness (QED) is 0.822. The first-order valence-corrected chi connectivity index (χ1v) is 6.63. The Morgan fingerprint density at radius 3 is 2.56 bits per heavy atom. The van der Waals surface area contributed by atoms with Gasteiger partial charge < -0.3 is 0 Å². The molecule has 0 aliphatic heterocycles. The Morgan fingerprint density at radius 1 is 1.31 bits per heavy atom. The Kier molecular flexibility index (Phi) is 3.60. The largest absolute Gasteiger partial charge is 0.279 e. The summed E-state index contributed by atoms with van der Waals surface area (Å²) < 4.78 is 0.892. The second kappa shape index (κ2) is 4.97. The summed E-state index contributed by atoms with van der Waals surface area (Å²) in [5.74, 6) is -0.283. The van der Waals surface area contributed by atoms with E-state index in [0.717, 1.165) is 23.0 Å². The van der Waals surface area contributed by atoms with E-state index in [9.17, 15) is 9.59 Å². The summed E-state index contributed by atoms with van der Waals surface area (Å²) in [6.45, 7) is 0. The molecule has 1 fully saturated rings. The first-order chi connectivity index (χ1) is 7.66. The van der Waals surface area contributed by atoms with Crippen LogP contribution in [-0.2, 0) is 4.79 Å². The van der Waals surface area contributed by atoms with Crippen molar-refractivity contribution in [2.24, 2.45) is 5.92 Å². The molecule has 0 bridgehead atoms. The number of hydrogen-bond donors (Lipinski definition) is 2. The number of halogens is 1. The minimum atomic E-state index is -0.275. The summed E-state index contributed by atoms with van der Waals surface area (Å²) in [6, 6.07) is 3.51. The molecule has 0 spiro atoms. The molecule has 4 nitrogen and oxygen atoms in total. The van der Waals surface area contributed by atoms with Gasteiger partial charge in [-0.15, -0.1) is 11.3 Å². The van der Waals surface area contributed by atoms with Gasteiger partial charge in [0, 0.05) is 5.92 Å². The Labute approximate surface area is 106 Å². The monoisotopic (exact) mass is 302 g/mol. The van der Waals surface area contributed by atoms with Crippen molar-refractivity contribution in [3.63, 3.8) is 0 Å². The molecule has 0 aromatic carbocycles. The zero-order chi connectivity index (χ0) is 11.5. The number of rotatable bonds is 2. The predicted octanol–water partition coefficient (Wildman–Crippen LogP) is 2.07. The third-order valence-electron chi connectivity index (χ3n) is 2.57. The number of carbonyl (C=O) groups excluding carboxylic acids is 2. The maximum atomic E-state index is 11.6. The number of thiophene rings is 1. The molecule has 2 rings (SSSR count). The average molecular weight is 303 g/mol. The zero-order valence-electron chi connectivity index (χ0n) is 8.46. The van der Waals surface area contributed by atoms with E-state index in [2.05, 4.69) is 26.8 Å². The molecule has 2 N–H and O–H groups in total. The van der Waals surface area contributed by atoms with Crippen LogP contribution in [0.25, 0.3) is 0 Å². The molecule has 1 saturated carbocycles. The Morgan fingerprint density at radius 2 is 2.06 bits per heavy atom. The minimum Gasteiger partial charge on any atom is -0.273 e. The van der Waals surface area contributed by atoms with E-state index >= 15 is 0 Å². The van der Waals surface area contributed by atoms with Gasteiger partial charge >= 0.3 is 0 Å². The van der Waals surface area contributed by atoms with Crippen LogP contribution in [0, 0.1) is 5.92 Å². The van der Waals surface area contributed by atoms with Gasteiger partial charge in [-0.05, 0) is 40.9 Å². The third kappa shape index (κ3) is 2.62. The third-order valence-corrected chi connectivity index (χ3v) is 4.19. The SMILES string of the molecule is O=C(NNC(=O)C1CCC1)c1ccc(Br)s1. The Bertz CT molecular complexity index is 415.